The summed E-state index contributed by atoms with van der Waals surface area (Å²) < 4.78 is 10.2. The summed E-state index contributed by atoms with van der Waals surface area (Å²) in [7, 11) is 2.80. The number of carbonyl (C=O) groups excluding carboxylic acids is 1. The number of hydrogen-bond donors (Lipinski definition) is 0. The Morgan fingerprint density at radius 2 is 2.22 bits per heavy atom. The molecule has 0 atom stereocenters. The highest BCUT2D eigenvalue weighted by atomic mass is 32.1. The highest BCUT2D eigenvalue weighted by Gasteiger charge is 2.17. The monoisotopic (exact) mass is 265 g/mol. The number of rotatable bonds is 4. The molecule has 2 rings (SSSR count). The molecule has 0 amide bonds. The summed E-state index contributed by atoms with van der Waals surface area (Å²) in [4.78, 5) is 16.6. The predicted octanol–water partition coefficient (Wildman–Crippen LogP) is 2.78. The fraction of sp³-hybridized carbons (Fsp3) is 0.167. The summed E-state index contributed by atoms with van der Waals surface area (Å²) in [5.41, 5.74) is 0.712. The third kappa shape index (κ3) is 2.43. The molecule has 18 heavy (non-hydrogen) atoms. The van der Waals surface area contributed by atoms with Crippen molar-refractivity contribution in [3.8, 4) is 11.3 Å². The molecular formula is C12H11NO4S. The second kappa shape index (κ2) is 5.50. The molecule has 0 fully saturated rings. The van der Waals surface area contributed by atoms with Crippen molar-refractivity contribution < 1.29 is 18.8 Å². The summed E-state index contributed by atoms with van der Waals surface area (Å²) in [5.74, 6) is 0.770. The van der Waals surface area contributed by atoms with Crippen LogP contribution in [-0.4, -0.2) is 26.4 Å². The van der Waals surface area contributed by atoms with Gasteiger partial charge in [0, 0.05) is 5.56 Å². The molecule has 5 nitrogen and oxygen atoms in total. The lowest BCUT2D eigenvalue weighted by molar-refractivity contribution is 0.0607. The molecule has 0 N–H and O–H groups in total. The van der Waals surface area contributed by atoms with Gasteiger partial charge in [0.25, 0.3) is 0 Å². The molecule has 94 valence electrons. The van der Waals surface area contributed by atoms with Gasteiger partial charge in [-0.1, -0.05) is 5.16 Å². The Bertz CT molecular complexity index is 570. The number of furan rings is 1. The van der Waals surface area contributed by atoms with E-state index >= 15 is 0 Å². The van der Waals surface area contributed by atoms with Crippen molar-refractivity contribution in [2.45, 2.75) is 0 Å². The summed E-state index contributed by atoms with van der Waals surface area (Å²) in [5, 5.41) is 5.42. The van der Waals surface area contributed by atoms with Gasteiger partial charge in [-0.3, -0.25) is 0 Å². The maximum absolute atomic E-state index is 11.5. The zero-order chi connectivity index (χ0) is 13.0. The minimum Gasteiger partial charge on any atom is -0.465 e. The van der Waals surface area contributed by atoms with Gasteiger partial charge in [-0.15, -0.1) is 11.3 Å². The zero-order valence-electron chi connectivity index (χ0n) is 9.88. The van der Waals surface area contributed by atoms with Gasteiger partial charge in [0.1, 0.15) is 29.7 Å². The van der Waals surface area contributed by atoms with Crippen LogP contribution in [0.3, 0.4) is 0 Å². The van der Waals surface area contributed by atoms with Crippen molar-refractivity contribution in [1.29, 1.82) is 0 Å². The van der Waals surface area contributed by atoms with Gasteiger partial charge in [0.2, 0.25) is 0 Å². The molecule has 0 aliphatic carbocycles. The first-order chi connectivity index (χ1) is 8.76. The van der Waals surface area contributed by atoms with E-state index in [0.717, 1.165) is 0 Å². The number of thiophene rings is 1. The quantitative estimate of drug-likeness (QED) is 0.484. The van der Waals surface area contributed by atoms with Gasteiger partial charge in [-0.2, -0.15) is 0 Å². The smallest absolute Gasteiger partial charge is 0.348 e. The minimum atomic E-state index is -0.372. The Hall–Kier alpha value is -2.08. The third-order valence-corrected chi connectivity index (χ3v) is 3.11. The lowest BCUT2D eigenvalue weighted by Crippen LogP contribution is -1.99. The van der Waals surface area contributed by atoms with Crippen molar-refractivity contribution in [2.24, 2.45) is 5.16 Å². The SMILES string of the molecule is CON=Cc1ccc(-c2ccsc2C(=O)OC)o1. The Morgan fingerprint density at radius 3 is 2.94 bits per heavy atom. The van der Waals surface area contributed by atoms with E-state index in [0.29, 0.717) is 22.0 Å². The molecule has 0 saturated heterocycles. The molecule has 2 aromatic heterocycles. The molecule has 0 aliphatic rings. The van der Waals surface area contributed by atoms with Gasteiger partial charge < -0.3 is 14.0 Å². The maximum Gasteiger partial charge on any atom is 0.348 e. The Kier molecular flexibility index (Phi) is 3.78. The van der Waals surface area contributed by atoms with Crippen LogP contribution in [-0.2, 0) is 9.57 Å². The van der Waals surface area contributed by atoms with Crippen LogP contribution in [0.2, 0.25) is 0 Å². The summed E-state index contributed by atoms with van der Waals surface area (Å²) in [6.45, 7) is 0. The lowest BCUT2D eigenvalue weighted by atomic mass is 10.2. The highest BCUT2D eigenvalue weighted by Crippen LogP contribution is 2.30. The number of esters is 1. The average molecular weight is 265 g/mol. The van der Waals surface area contributed by atoms with E-state index in [-0.39, 0.29) is 5.97 Å². The number of ether oxygens (including phenoxy) is 1. The molecule has 0 bridgehead atoms. The summed E-state index contributed by atoms with van der Waals surface area (Å²) in [6.07, 6.45) is 1.45. The molecule has 0 radical (unpaired) electrons. The Morgan fingerprint density at radius 1 is 1.39 bits per heavy atom. The fourth-order valence-electron chi connectivity index (χ4n) is 1.43. The molecule has 2 aromatic rings. The van der Waals surface area contributed by atoms with E-state index in [1.807, 2.05) is 11.4 Å². The van der Waals surface area contributed by atoms with Crippen molar-refractivity contribution in [3.63, 3.8) is 0 Å². The van der Waals surface area contributed by atoms with Crippen LogP contribution >= 0.6 is 11.3 Å². The van der Waals surface area contributed by atoms with E-state index in [4.69, 9.17) is 9.15 Å². The fourth-order valence-corrected chi connectivity index (χ4v) is 2.24. The second-order valence-electron chi connectivity index (χ2n) is 3.27. The van der Waals surface area contributed by atoms with Crippen LogP contribution in [0.1, 0.15) is 15.4 Å². The van der Waals surface area contributed by atoms with E-state index in [2.05, 4.69) is 9.99 Å². The normalized spacial score (nSPS) is 10.8. The van der Waals surface area contributed by atoms with E-state index in [1.165, 1.54) is 31.8 Å². The van der Waals surface area contributed by atoms with Crippen LogP contribution in [0.5, 0.6) is 0 Å². The number of carbonyl (C=O) groups is 1. The topological polar surface area (TPSA) is 61.0 Å². The molecule has 0 aliphatic heterocycles. The summed E-state index contributed by atoms with van der Waals surface area (Å²) >= 11 is 1.31. The van der Waals surface area contributed by atoms with Gasteiger partial charge in [-0.05, 0) is 23.6 Å². The predicted molar refractivity (Wildman–Crippen MR) is 68.0 cm³/mol. The van der Waals surface area contributed by atoms with Gasteiger partial charge in [-0.25, -0.2) is 4.79 Å². The maximum atomic E-state index is 11.5. The van der Waals surface area contributed by atoms with E-state index < -0.39 is 0 Å². The standard InChI is InChI=1S/C12H11NO4S/c1-15-12(14)11-9(5-6-18-11)10-4-3-8(17-10)7-13-16-2/h3-7H,1-2H3. The van der Waals surface area contributed by atoms with Gasteiger partial charge in [0.05, 0.1) is 7.11 Å². The number of nitrogens with zero attached hydrogens (tertiary/aromatic N) is 1. The largest absolute Gasteiger partial charge is 0.465 e. The lowest BCUT2D eigenvalue weighted by Gasteiger charge is -1.98. The van der Waals surface area contributed by atoms with E-state index in [1.54, 1.807) is 12.1 Å². The van der Waals surface area contributed by atoms with Gasteiger partial charge >= 0.3 is 5.97 Å². The minimum absolute atomic E-state index is 0.372. The molecule has 0 spiro atoms. The molecule has 6 heteroatoms. The average Bonchev–Trinajstić information content (AvgIpc) is 3.03. The highest BCUT2D eigenvalue weighted by molar-refractivity contribution is 7.12. The van der Waals surface area contributed by atoms with E-state index in [9.17, 15) is 4.79 Å². The first-order valence-corrected chi connectivity index (χ1v) is 5.96. The molecule has 0 unspecified atom stereocenters. The van der Waals surface area contributed by atoms with Crippen LogP contribution in [0.15, 0.2) is 33.2 Å². The molecular weight excluding hydrogens is 254 g/mol. The van der Waals surface area contributed by atoms with Crippen LogP contribution in [0, 0.1) is 0 Å². The number of oxime groups is 1. The first-order valence-electron chi connectivity index (χ1n) is 5.08. The Labute approximate surface area is 108 Å². The van der Waals surface area contributed by atoms with Crippen molar-refractivity contribution in [1.82, 2.24) is 0 Å². The van der Waals surface area contributed by atoms with Crippen LogP contribution in [0.4, 0.5) is 0 Å². The zero-order valence-corrected chi connectivity index (χ0v) is 10.7. The summed E-state index contributed by atoms with van der Waals surface area (Å²) in [6, 6.07) is 5.33. The first kappa shape index (κ1) is 12.4. The van der Waals surface area contributed by atoms with Crippen LogP contribution in [0.25, 0.3) is 11.3 Å². The molecule has 2 heterocycles. The third-order valence-electron chi connectivity index (χ3n) is 2.21. The van der Waals surface area contributed by atoms with Crippen molar-refractivity contribution in [3.05, 3.63) is 34.2 Å². The molecule has 0 saturated carbocycles. The second-order valence-corrected chi connectivity index (χ2v) is 4.19. The van der Waals surface area contributed by atoms with Crippen molar-refractivity contribution >= 4 is 23.5 Å². The number of methoxy groups -OCH3 is 1. The van der Waals surface area contributed by atoms with Crippen molar-refractivity contribution in [2.75, 3.05) is 14.2 Å². The number of hydrogen-bond acceptors (Lipinski definition) is 6. The Balaban J connectivity index is 2.32. The van der Waals surface area contributed by atoms with Crippen LogP contribution < -0.4 is 0 Å². The molecule has 0 aromatic carbocycles. The van der Waals surface area contributed by atoms with Gasteiger partial charge in [0.15, 0.2) is 0 Å².